The zero-order chi connectivity index (χ0) is 36.1. The monoisotopic (exact) mass is 714 g/mol. The third-order valence-corrected chi connectivity index (χ3v) is 11.0. The minimum Gasteiger partial charge on any atom is -0.453 e. The van der Waals surface area contributed by atoms with Gasteiger partial charge in [-0.05, 0) is 66.3 Å². The topological polar surface area (TPSA) is 174 Å². The van der Waals surface area contributed by atoms with Gasteiger partial charge in [-0.25, -0.2) is 18.2 Å². The number of nitrogens with zero attached hydrogens (tertiary/aromatic N) is 3. The van der Waals surface area contributed by atoms with Crippen molar-refractivity contribution in [1.82, 2.24) is 25.1 Å². The van der Waals surface area contributed by atoms with Gasteiger partial charge in [0.25, 0.3) is 5.91 Å². The lowest BCUT2D eigenvalue weighted by Gasteiger charge is -2.29. The Hall–Kier alpha value is -5.05. The number of likely N-dealkylation sites (tertiary alicyclic amines) is 1. The van der Waals surface area contributed by atoms with E-state index in [-0.39, 0.29) is 23.5 Å². The summed E-state index contributed by atoms with van der Waals surface area (Å²) in [6.07, 6.45) is 1.29. The fraction of sp³-hybridized carbons (Fsp3) is 0.351. The molecule has 2 aliphatic rings. The minimum absolute atomic E-state index is 0.192. The lowest BCUT2D eigenvalue weighted by Crippen LogP contribution is -2.53. The van der Waals surface area contributed by atoms with Crippen molar-refractivity contribution in [2.75, 3.05) is 43.6 Å². The lowest BCUT2D eigenvalue weighted by atomic mass is 10.0. The number of anilines is 1. The number of hydrogen-bond donors (Lipinski definition) is 4. The maximum absolute atomic E-state index is 13.3. The van der Waals surface area contributed by atoms with Gasteiger partial charge in [0, 0.05) is 37.4 Å². The number of methoxy groups -OCH3 is 1. The van der Waals surface area contributed by atoms with E-state index in [4.69, 9.17) is 0 Å². The average Bonchev–Trinajstić information content (AvgIpc) is 3.83. The Labute approximate surface area is 296 Å². The Kier molecular flexibility index (Phi) is 10.8. The zero-order valence-corrected chi connectivity index (χ0v) is 29.4. The van der Waals surface area contributed by atoms with E-state index in [1.165, 1.54) is 14.0 Å². The summed E-state index contributed by atoms with van der Waals surface area (Å²) in [5, 5.41) is 15.5. The number of carbonyl (C=O) groups is 3. The number of carbonyl (C=O) groups excluding carboxylic acids is 3. The highest BCUT2D eigenvalue weighted by Gasteiger charge is 2.38. The van der Waals surface area contributed by atoms with Gasteiger partial charge in [-0.2, -0.15) is 0 Å². The maximum atomic E-state index is 13.3. The van der Waals surface area contributed by atoms with Crippen molar-refractivity contribution in [2.45, 2.75) is 44.5 Å². The van der Waals surface area contributed by atoms with Crippen molar-refractivity contribution in [2.24, 2.45) is 0 Å². The molecule has 3 aromatic carbocycles. The first-order valence-electron chi connectivity index (χ1n) is 16.9. The number of amides is 3. The predicted octanol–water partition coefficient (Wildman–Crippen LogP) is 4.00. The third kappa shape index (κ3) is 8.64. The Balaban J connectivity index is 1.05. The largest absolute Gasteiger partial charge is 0.453 e. The number of aromatic nitrogens is 2. The number of imidazole rings is 1. The normalized spacial score (nSPS) is 18.5. The molecule has 0 radical (unpaired) electrons. The molecule has 2 aliphatic heterocycles. The molecular weight excluding hydrogens is 673 g/mol. The molecule has 0 unspecified atom stereocenters. The van der Waals surface area contributed by atoms with Crippen LogP contribution >= 0.6 is 0 Å². The van der Waals surface area contributed by atoms with E-state index in [9.17, 15) is 27.9 Å². The molecule has 3 amide bonds. The zero-order valence-electron chi connectivity index (χ0n) is 28.5. The van der Waals surface area contributed by atoms with E-state index in [0.717, 1.165) is 34.4 Å². The van der Waals surface area contributed by atoms with Gasteiger partial charge in [-0.15, -0.1) is 0 Å². The molecule has 6 rings (SSSR count). The van der Waals surface area contributed by atoms with E-state index in [1.807, 2.05) is 60.7 Å². The number of aliphatic hydroxyl groups excluding tert-OH is 1. The molecule has 0 saturated carbocycles. The number of aromatic amines is 1. The molecular formula is C37H42N6O7S. The molecule has 2 fully saturated rings. The fourth-order valence-electron chi connectivity index (χ4n) is 6.44. The first kappa shape index (κ1) is 35.8. The van der Waals surface area contributed by atoms with Gasteiger partial charge < -0.3 is 30.4 Å². The predicted molar refractivity (Wildman–Crippen MR) is 192 cm³/mol. The average molecular weight is 715 g/mol. The standard InChI is InChI=1S/C37H42N6O7S/c1-24(44)33(41-37(47)50-2)36(46)43-17-3-4-32(43)34-38-22-31(40-34)28-11-7-26(8-12-28)27-9-13-29(14-10-27)35(45)39-30-15-5-25(6-16-30)23-42-18-20-51(48,49)21-19-42/h5-16,22,24,32-33,44H,3-4,17-21,23H2,1-2H3,(H,38,40)(H,39,45)(H,41,47)/t24-,32+,33-/m1/s1. The van der Waals surface area contributed by atoms with E-state index in [1.54, 1.807) is 23.2 Å². The van der Waals surface area contributed by atoms with E-state index < -0.39 is 34.0 Å². The van der Waals surface area contributed by atoms with Gasteiger partial charge in [0.15, 0.2) is 9.84 Å². The number of alkyl carbamates (subject to hydrolysis) is 1. The highest BCUT2D eigenvalue weighted by molar-refractivity contribution is 7.91. The number of aliphatic hydroxyl groups is 1. The van der Waals surface area contributed by atoms with E-state index in [2.05, 4.69) is 30.2 Å². The van der Waals surface area contributed by atoms with Crippen LogP contribution in [0.1, 0.15) is 47.6 Å². The summed E-state index contributed by atoms with van der Waals surface area (Å²) < 4.78 is 28.0. The van der Waals surface area contributed by atoms with Crippen LogP contribution in [0.4, 0.5) is 10.5 Å². The van der Waals surface area contributed by atoms with Crippen LogP contribution in [0.3, 0.4) is 0 Å². The number of rotatable bonds is 10. The fourth-order valence-corrected chi connectivity index (χ4v) is 7.72. The number of sulfone groups is 1. The Bertz CT molecular complexity index is 1950. The molecule has 13 nitrogen and oxygen atoms in total. The van der Waals surface area contributed by atoms with Crippen LogP contribution in [0.15, 0.2) is 79.0 Å². The molecule has 0 spiro atoms. The molecule has 0 bridgehead atoms. The second-order valence-corrected chi connectivity index (χ2v) is 15.3. The molecule has 4 N–H and O–H groups in total. The highest BCUT2D eigenvalue weighted by Crippen LogP contribution is 2.33. The minimum atomic E-state index is -2.91. The van der Waals surface area contributed by atoms with Crippen LogP contribution in [-0.2, 0) is 25.9 Å². The number of nitrogens with one attached hydrogen (secondary N) is 3. The van der Waals surface area contributed by atoms with Gasteiger partial charge in [-0.1, -0.05) is 48.5 Å². The van der Waals surface area contributed by atoms with Crippen LogP contribution in [-0.4, -0.2) is 102 Å². The summed E-state index contributed by atoms with van der Waals surface area (Å²) in [4.78, 5) is 49.7. The van der Waals surface area contributed by atoms with E-state index in [0.29, 0.717) is 49.7 Å². The van der Waals surface area contributed by atoms with Crippen LogP contribution in [0.25, 0.3) is 22.4 Å². The molecule has 268 valence electrons. The molecule has 4 aromatic rings. The Morgan fingerprint density at radius 3 is 2.20 bits per heavy atom. The Morgan fingerprint density at radius 2 is 1.57 bits per heavy atom. The quantitative estimate of drug-likeness (QED) is 0.189. The van der Waals surface area contributed by atoms with Crippen LogP contribution < -0.4 is 10.6 Å². The van der Waals surface area contributed by atoms with Crippen molar-refractivity contribution in [1.29, 1.82) is 0 Å². The number of benzene rings is 3. The number of hydrogen-bond acceptors (Lipinski definition) is 9. The van der Waals surface area contributed by atoms with Crippen LogP contribution in [0, 0.1) is 0 Å². The molecule has 2 saturated heterocycles. The maximum Gasteiger partial charge on any atom is 0.407 e. The van der Waals surface area contributed by atoms with Crippen molar-refractivity contribution in [3.8, 4) is 22.4 Å². The molecule has 1 aromatic heterocycles. The van der Waals surface area contributed by atoms with Crippen molar-refractivity contribution in [3.63, 3.8) is 0 Å². The van der Waals surface area contributed by atoms with Crippen molar-refractivity contribution >= 4 is 33.4 Å². The van der Waals surface area contributed by atoms with Gasteiger partial charge in [0.05, 0.1) is 42.7 Å². The van der Waals surface area contributed by atoms with Crippen LogP contribution in [0.5, 0.6) is 0 Å². The van der Waals surface area contributed by atoms with Gasteiger partial charge in [0.1, 0.15) is 11.9 Å². The van der Waals surface area contributed by atoms with Crippen LogP contribution in [0.2, 0.25) is 0 Å². The van der Waals surface area contributed by atoms with Gasteiger partial charge in [-0.3, -0.25) is 14.5 Å². The molecule has 51 heavy (non-hydrogen) atoms. The SMILES string of the molecule is COC(=O)N[C@@H](C(=O)N1CCC[C@H]1c1ncc(-c2ccc(-c3ccc(C(=O)Nc4ccc(CN5CCS(=O)(=O)CC5)cc4)cc3)cc2)[nH]1)[C@@H](C)O. The summed E-state index contributed by atoms with van der Waals surface area (Å²) in [5.74, 6) is 0.396. The summed E-state index contributed by atoms with van der Waals surface area (Å²) in [7, 11) is -1.71. The summed E-state index contributed by atoms with van der Waals surface area (Å²) in [6.45, 7) is 3.66. The molecule has 14 heteroatoms. The van der Waals surface area contributed by atoms with Gasteiger partial charge in [0.2, 0.25) is 5.91 Å². The highest BCUT2D eigenvalue weighted by atomic mass is 32.2. The molecule has 0 aliphatic carbocycles. The first-order valence-corrected chi connectivity index (χ1v) is 18.7. The summed E-state index contributed by atoms with van der Waals surface area (Å²) in [6, 6.07) is 21.5. The second kappa shape index (κ2) is 15.5. The van der Waals surface area contributed by atoms with Crippen molar-refractivity contribution < 1.29 is 32.6 Å². The summed E-state index contributed by atoms with van der Waals surface area (Å²) >= 11 is 0. The number of ether oxygens (including phenoxy) is 1. The number of H-pyrrole nitrogens is 1. The van der Waals surface area contributed by atoms with Crippen molar-refractivity contribution in [3.05, 3.63) is 95.9 Å². The Morgan fingerprint density at radius 1 is 0.941 bits per heavy atom. The first-order chi connectivity index (χ1) is 24.5. The third-order valence-electron chi connectivity index (χ3n) is 9.39. The van der Waals surface area contributed by atoms with E-state index >= 15 is 0 Å². The smallest absolute Gasteiger partial charge is 0.407 e. The van der Waals surface area contributed by atoms with Gasteiger partial charge >= 0.3 is 6.09 Å². The molecule has 3 heterocycles. The second-order valence-electron chi connectivity index (χ2n) is 13.0. The summed E-state index contributed by atoms with van der Waals surface area (Å²) in [5.41, 5.74) is 5.89. The lowest BCUT2D eigenvalue weighted by molar-refractivity contribution is -0.137. The molecule has 3 atom stereocenters.